The fraction of sp³-hybridized carbons (Fsp3) is 0.0833. The molecule has 0 spiro atoms. The zero-order chi connectivity index (χ0) is 23.5. The van der Waals surface area contributed by atoms with Crippen molar-refractivity contribution in [2.75, 3.05) is 10.6 Å². The van der Waals surface area contributed by atoms with Crippen molar-refractivity contribution in [3.63, 3.8) is 0 Å². The van der Waals surface area contributed by atoms with Gasteiger partial charge >= 0.3 is 5.97 Å². The van der Waals surface area contributed by atoms with Crippen molar-refractivity contribution in [1.29, 1.82) is 0 Å². The van der Waals surface area contributed by atoms with Crippen molar-refractivity contribution in [1.82, 2.24) is 0 Å². The van der Waals surface area contributed by atoms with E-state index in [0.717, 1.165) is 11.1 Å². The molecule has 1 aliphatic heterocycles. The first-order valence-corrected chi connectivity index (χ1v) is 10.1. The van der Waals surface area contributed by atoms with Crippen molar-refractivity contribution in [3.8, 4) is 0 Å². The molecule has 34 heavy (non-hydrogen) atoms. The number of anilines is 2. The number of non-ortho nitro benzene ring substituents is 1. The lowest BCUT2D eigenvalue weighted by Crippen LogP contribution is -2.32. The molecule has 0 aromatic heterocycles. The van der Waals surface area contributed by atoms with E-state index in [1.165, 1.54) is 18.2 Å². The molecule has 174 valence electrons. The Morgan fingerprint density at radius 1 is 1.09 bits per heavy atom. The van der Waals surface area contributed by atoms with Crippen LogP contribution in [-0.2, 0) is 16.0 Å². The van der Waals surface area contributed by atoms with Gasteiger partial charge in [0, 0.05) is 29.1 Å². The highest BCUT2D eigenvalue weighted by molar-refractivity contribution is 6.37. The van der Waals surface area contributed by atoms with Crippen molar-refractivity contribution in [2.45, 2.75) is 12.5 Å². The first-order valence-electron chi connectivity index (χ1n) is 10.1. The molecule has 3 aromatic rings. The van der Waals surface area contributed by atoms with Gasteiger partial charge in [-0.25, -0.2) is 0 Å². The number of fused-ring (bicyclic) bond motifs is 1. The summed E-state index contributed by atoms with van der Waals surface area (Å²) in [6, 6.07) is 19.4. The number of nitro groups is 1. The molecule has 10 heteroatoms. The number of nitrogens with two attached hydrogens (primary N) is 1. The van der Waals surface area contributed by atoms with Gasteiger partial charge in [-0.3, -0.25) is 19.7 Å². The molecule has 4 rings (SSSR count). The summed E-state index contributed by atoms with van der Waals surface area (Å²) in [5.41, 5.74) is 9.32. The number of rotatable bonds is 7. The van der Waals surface area contributed by atoms with Gasteiger partial charge in [0.1, 0.15) is 6.04 Å². The summed E-state index contributed by atoms with van der Waals surface area (Å²) in [5, 5.41) is 26.3. The SMILES string of the molecule is Cl.NC(Cc1ccc(N/C(=C2\C(=O)Nc3ccc([N+](=O)[O-])cc32)c2ccccc2)cc1)C(=O)O. The first-order chi connectivity index (χ1) is 15.8. The van der Waals surface area contributed by atoms with Crippen molar-refractivity contribution >= 4 is 52.6 Å². The zero-order valence-corrected chi connectivity index (χ0v) is 18.5. The van der Waals surface area contributed by atoms with E-state index in [9.17, 15) is 19.7 Å². The van der Waals surface area contributed by atoms with Crippen molar-refractivity contribution < 1.29 is 19.6 Å². The lowest BCUT2D eigenvalue weighted by molar-refractivity contribution is -0.384. The number of nitrogens with one attached hydrogen (secondary N) is 2. The highest BCUT2D eigenvalue weighted by atomic mass is 35.5. The van der Waals surface area contributed by atoms with Gasteiger partial charge in [-0.1, -0.05) is 42.5 Å². The smallest absolute Gasteiger partial charge is 0.320 e. The second kappa shape index (κ2) is 10.2. The third-order valence-corrected chi connectivity index (χ3v) is 5.27. The maximum atomic E-state index is 12.9. The summed E-state index contributed by atoms with van der Waals surface area (Å²) in [4.78, 5) is 34.7. The largest absolute Gasteiger partial charge is 0.480 e. The van der Waals surface area contributed by atoms with Gasteiger partial charge in [-0.05, 0) is 35.7 Å². The Morgan fingerprint density at radius 3 is 2.38 bits per heavy atom. The van der Waals surface area contributed by atoms with Crippen LogP contribution in [0.1, 0.15) is 16.7 Å². The van der Waals surface area contributed by atoms with E-state index in [-0.39, 0.29) is 36.0 Å². The fourth-order valence-electron chi connectivity index (χ4n) is 3.61. The first kappa shape index (κ1) is 24.4. The Balaban J connectivity index is 0.00000324. The van der Waals surface area contributed by atoms with Gasteiger partial charge in [-0.2, -0.15) is 0 Å². The van der Waals surface area contributed by atoms with Crippen LogP contribution in [0, 0.1) is 10.1 Å². The summed E-state index contributed by atoms with van der Waals surface area (Å²) in [5.74, 6) is -1.45. The van der Waals surface area contributed by atoms with Crippen molar-refractivity contribution in [3.05, 3.63) is 99.6 Å². The number of aliphatic carboxylic acids is 1. The van der Waals surface area contributed by atoms with Crippen LogP contribution in [0.4, 0.5) is 17.1 Å². The molecule has 1 amide bonds. The van der Waals surface area contributed by atoms with Crippen LogP contribution >= 0.6 is 12.4 Å². The molecule has 0 fully saturated rings. The molecule has 0 saturated carbocycles. The third-order valence-electron chi connectivity index (χ3n) is 5.27. The second-order valence-electron chi connectivity index (χ2n) is 7.53. The predicted molar refractivity (Wildman–Crippen MR) is 132 cm³/mol. The number of hydrogen-bond acceptors (Lipinski definition) is 6. The molecule has 5 N–H and O–H groups in total. The molecular weight excluding hydrogens is 460 g/mol. The topological polar surface area (TPSA) is 148 Å². The Kier molecular flexibility index (Phi) is 7.30. The fourth-order valence-corrected chi connectivity index (χ4v) is 3.61. The number of carboxylic acids is 1. The molecular formula is C24H21ClN4O5. The second-order valence-corrected chi connectivity index (χ2v) is 7.53. The van der Waals surface area contributed by atoms with E-state index < -0.39 is 16.9 Å². The molecule has 0 aliphatic carbocycles. The number of carbonyl (C=O) groups is 2. The van der Waals surface area contributed by atoms with Crippen LogP contribution in [-0.4, -0.2) is 27.9 Å². The number of carboxylic acid groups (broad SMARTS) is 1. The molecule has 1 unspecified atom stereocenters. The molecule has 0 radical (unpaired) electrons. The van der Waals surface area contributed by atoms with Crippen LogP contribution in [0.15, 0.2) is 72.8 Å². The predicted octanol–water partition coefficient (Wildman–Crippen LogP) is 3.90. The van der Waals surface area contributed by atoms with E-state index in [0.29, 0.717) is 22.6 Å². The van der Waals surface area contributed by atoms with Gasteiger partial charge in [0.25, 0.3) is 11.6 Å². The Morgan fingerprint density at radius 2 is 1.76 bits per heavy atom. The number of nitrogens with zero attached hydrogens (tertiary/aromatic N) is 1. The monoisotopic (exact) mass is 480 g/mol. The number of halogens is 1. The number of benzene rings is 3. The van der Waals surface area contributed by atoms with Gasteiger partial charge < -0.3 is 21.5 Å². The van der Waals surface area contributed by atoms with E-state index >= 15 is 0 Å². The lowest BCUT2D eigenvalue weighted by Gasteiger charge is -2.15. The zero-order valence-electron chi connectivity index (χ0n) is 17.7. The summed E-state index contributed by atoms with van der Waals surface area (Å²) in [6.07, 6.45) is 0.182. The van der Waals surface area contributed by atoms with Gasteiger partial charge in [-0.15, -0.1) is 12.4 Å². The van der Waals surface area contributed by atoms with E-state index in [4.69, 9.17) is 10.8 Å². The van der Waals surface area contributed by atoms with E-state index in [1.54, 1.807) is 24.3 Å². The van der Waals surface area contributed by atoms with Crippen molar-refractivity contribution in [2.24, 2.45) is 5.73 Å². The molecule has 1 aliphatic rings. The van der Waals surface area contributed by atoms with E-state index in [2.05, 4.69) is 10.6 Å². The third kappa shape index (κ3) is 5.06. The molecule has 0 bridgehead atoms. The van der Waals surface area contributed by atoms with Gasteiger partial charge in [0.15, 0.2) is 0 Å². The highest BCUT2D eigenvalue weighted by Gasteiger charge is 2.30. The summed E-state index contributed by atoms with van der Waals surface area (Å²) in [7, 11) is 0. The Bertz CT molecular complexity index is 1280. The molecule has 0 saturated heterocycles. The summed E-state index contributed by atoms with van der Waals surface area (Å²) >= 11 is 0. The molecule has 9 nitrogen and oxygen atoms in total. The van der Waals surface area contributed by atoms with Crippen LogP contribution in [0.3, 0.4) is 0 Å². The highest BCUT2D eigenvalue weighted by Crippen LogP contribution is 2.39. The summed E-state index contributed by atoms with van der Waals surface area (Å²) < 4.78 is 0. The molecule has 3 aromatic carbocycles. The summed E-state index contributed by atoms with van der Waals surface area (Å²) in [6.45, 7) is 0. The average Bonchev–Trinajstić information content (AvgIpc) is 3.13. The normalized spacial score (nSPS) is 14.3. The van der Waals surface area contributed by atoms with E-state index in [1.807, 2.05) is 30.3 Å². The quantitative estimate of drug-likeness (QED) is 0.227. The minimum Gasteiger partial charge on any atom is -0.480 e. The molecule has 1 heterocycles. The maximum Gasteiger partial charge on any atom is 0.320 e. The number of carbonyl (C=O) groups excluding carboxylic acids is 1. The lowest BCUT2D eigenvalue weighted by atomic mass is 9.99. The van der Waals surface area contributed by atoms with Crippen LogP contribution in [0.2, 0.25) is 0 Å². The number of nitro benzene ring substituents is 1. The minimum absolute atomic E-state index is 0. The van der Waals surface area contributed by atoms with Crippen LogP contribution in [0.5, 0.6) is 0 Å². The van der Waals surface area contributed by atoms with Crippen LogP contribution in [0.25, 0.3) is 11.3 Å². The Labute approximate surface area is 200 Å². The van der Waals surface area contributed by atoms with Crippen LogP contribution < -0.4 is 16.4 Å². The van der Waals surface area contributed by atoms with Gasteiger partial charge in [0.2, 0.25) is 0 Å². The van der Waals surface area contributed by atoms with Gasteiger partial charge in [0.05, 0.1) is 16.2 Å². The molecule has 1 atom stereocenters. The maximum absolute atomic E-state index is 12.9. The Hall–Kier alpha value is -4.21. The minimum atomic E-state index is -1.08. The standard InChI is InChI=1S/C24H20N4O5.ClH/c25-19(24(30)31)12-14-6-8-16(9-7-14)26-22(15-4-2-1-3-5-15)21-18-13-17(28(32)33)10-11-20(18)27-23(21)29;/h1-11,13,19,26H,12,25H2,(H,27,29)(H,30,31);1H/b22-21-;. The average molecular weight is 481 g/mol. The number of hydrogen-bond donors (Lipinski definition) is 4. The number of amides is 1.